The minimum atomic E-state index is 0. The van der Waals surface area contributed by atoms with Crippen LogP contribution in [0.15, 0.2) is 37.4 Å². The van der Waals surface area contributed by atoms with Crippen LogP contribution in [0.1, 0.15) is 39.5 Å². The summed E-state index contributed by atoms with van der Waals surface area (Å²) in [5.74, 6) is 0. The van der Waals surface area contributed by atoms with Crippen molar-refractivity contribution in [1.29, 1.82) is 0 Å². The first-order valence-electron chi connectivity index (χ1n) is 7.41. The van der Waals surface area contributed by atoms with E-state index in [1.54, 1.807) is 0 Å². The molecule has 0 radical (unpaired) electrons. The molecular formula is C15H26Br2N4. The summed E-state index contributed by atoms with van der Waals surface area (Å²) < 4.78 is 8.97. The number of halogens is 2. The topological polar surface area (TPSA) is 17.6 Å². The summed E-state index contributed by atoms with van der Waals surface area (Å²) in [6.45, 7) is 7.58. The van der Waals surface area contributed by atoms with Crippen molar-refractivity contribution in [1.82, 2.24) is 9.13 Å². The fourth-order valence-electron chi connectivity index (χ4n) is 2.18. The molecule has 0 atom stereocenters. The molecule has 0 spiro atoms. The number of hydrogen-bond donors (Lipinski definition) is 0. The molecule has 0 N–H and O–H groups in total. The molecule has 4 nitrogen and oxygen atoms in total. The second-order valence-electron chi connectivity index (χ2n) is 5.18. The molecule has 120 valence electrons. The number of nitrogens with zero attached hydrogens (tertiary/aromatic N) is 4. The van der Waals surface area contributed by atoms with Gasteiger partial charge in [-0.1, -0.05) is 26.7 Å². The molecule has 0 amide bonds. The molecule has 0 unspecified atom stereocenters. The predicted molar refractivity (Wildman–Crippen MR) is 74.5 cm³/mol. The van der Waals surface area contributed by atoms with Gasteiger partial charge in [0, 0.05) is 0 Å². The van der Waals surface area contributed by atoms with Crippen LogP contribution >= 0.6 is 0 Å². The van der Waals surface area contributed by atoms with E-state index in [4.69, 9.17) is 0 Å². The van der Waals surface area contributed by atoms with Crippen molar-refractivity contribution in [3.05, 3.63) is 37.4 Å². The molecule has 6 heteroatoms. The molecule has 0 saturated carbocycles. The molecule has 0 saturated heterocycles. The smallest absolute Gasteiger partial charge is 0.246 e. The highest BCUT2D eigenvalue weighted by atomic mass is 79.9. The Balaban J connectivity index is 0.00000200. The Kier molecular flexibility index (Phi) is 10.7. The fraction of sp³-hybridized carbons (Fsp3) is 0.600. The Morgan fingerprint density at radius 2 is 1.19 bits per heavy atom. The second-order valence-corrected chi connectivity index (χ2v) is 5.18. The molecule has 21 heavy (non-hydrogen) atoms. The van der Waals surface area contributed by atoms with Crippen LogP contribution in [-0.4, -0.2) is 9.13 Å². The van der Waals surface area contributed by atoms with Crippen LogP contribution in [0.4, 0.5) is 0 Å². The maximum Gasteiger partial charge on any atom is 0.246 e. The number of aromatic nitrogens is 4. The van der Waals surface area contributed by atoms with Crippen LogP contribution in [0.5, 0.6) is 0 Å². The maximum atomic E-state index is 2.26. The molecule has 2 heterocycles. The number of aryl methyl sites for hydroxylation is 2. The van der Waals surface area contributed by atoms with Gasteiger partial charge in [-0.3, -0.25) is 0 Å². The summed E-state index contributed by atoms with van der Waals surface area (Å²) in [5, 5.41) is 0. The lowest BCUT2D eigenvalue weighted by molar-refractivity contribution is -0.912. The van der Waals surface area contributed by atoms with Gasteiger partial charge in [0.05, 0.1) is 13.1 Å². The molecular weight excluding hydrogens is 396 g/mol. The van der Waals surface area contributed by atoms with E-state index in [9.17, 15) is 0 Å². The van der Waals surface area contributed by atoms with Gasteiger partial charge in [0.1, 0.15) is 24.8 Å². The zero-order valence-electron chi connectivity index (χ0n) is 13.0. The molecule has 2 rings (SSSR count). The largest absolute Gasteiger partial charge is 1.00 e. The first-order chi connectivity index (χ1) is 9.31. The minimum absolute atomic E-state index is 0. The van der Waals surface area contributed by atoms with E-state index in [0.717, 1.165) is 19.8 Å². The quantitative estimate of drug-likeness (QED) is 0.386. The second kappa shape index (κ2) is 11.0. The summed E-state index contributed by atoms with van der Waals surface area (Å²) in [4.78, 5) is 0. The molecule has 0 aliphatic carbocycles. The third-order valence-corrected chi connectivity index (χ3v) is 3.36. The maximum absolute atomic E-state index is 2.26. The van der Waals surface area contributed by atoms with Crippen LogP contribution in [0, 0.1) is 0 Å². The summed E-state index contributed by atoms with van der Waals surface area (Å²) in [5.41, 5.74) is 0. The third-order valence-electron chi connectivity index (χ3n) is 3.36. The van der Waals surface area contributed by atoms with Gasteiger partial charge in [0.15, 0.2) is 0 Å². The van der Waals surface area contributed by atoms with E-state index in [1.807, 2.05) is 0 Å². The van der Waals surface area contributed by atoms with E-state index >= 15 is 0 Å². The molecule has 0 aliphatic rings. The Morgan fingerprint density at radius 1 is 0.762 bits per heavy atom. The summed E-state index contributed by atoms with van der Waals surface area (Å²) in [6, 6.07) is 0. The van der Waals surface area contributed by atoms with E-state index in [-0.39, 0.29) is 34.0 Å². The van der Waals surface area contributed by atoms with Gasteiger partial charge in [0.25, 0.3) is 0 Å². The Bertz CT molecular complexity index is 449. The van der Waals surface area contributed by atoms with E-state index in [2.05, 4.69) is 69.6 Å². The van der Waals surface area contributed by atoms with Crippen molar-refractivity contribution in [2.75, 3.05) is 0 Å². The Labute approximate surface area is 148 Å². The lowest BCUT2D eigenvalue weighted by atomic mass is 10.3. The van der Waals surface area contributed by atoms with Gasteiger partial charge in [-0.05, 0) is 12.8 Å². The molecule has 0 fully saturated rings. The molecule has 0 aromatic carbocycles. The molecule has 0 aliphatic heterocycles. The van der Waals surface area contributed by atoms with Gasteiger partial charge in [-0.2, -0.15) is 9.13 Å². The highest BCUT2D eigenvalue weighted by molar-refractivity contribution is 4.67. The monoisotopic (exact) mass is 420 g/mol. The highest BCUT2D eigenvalue weighted by Crippen LogP contribution is 1.94. The summed E-state index contributed by atoms with van der Waals surface area (Å²) in [6.07, 6.45) is 18.0. The summed E-state index contributed by atoms with van der Waals surface area (Å²) in [7, 11) is 0. The standard InChI is InChI=1S/C15H26N4.2BrH/c1-3-5-7-16-9-11-18(13-16)15-19-12-10-17(14-19)8-6-4-2;;/h9-14H,3-8,15H2,1-2H3;2*1H/q+2;;/p-2. The van der Waals surface area contributed by atoms with E-state index < -0.39 is 0 Å². The van der Waals surface area contributed by atoms with Crippen molar-refractivity contribution in [3.63, 3.8) is 0 Å². The Hall–Kier alpha value is -0.620. The Morgan fingerprint density at radius 3 is 1.57 bits per heavy atom. The average molecular weight is 422 g/mol. The van der Waals surface area contributed by atoms with Crippen molar-refractivity contribution in [2.45, 2.75) is 59.3 Å². The number of unbranched alkanes of at least 4 members (excludes halogenated alkanes) is 2. The van der Waals surface area contributed by atoms with Crippen LogP contribution < -0.4 is 43.1 Å². The van der Waals surface area contributed by atoms with Gasteiger partial charge in [0.2, 0.25) is 19.3 Å². The van der Waals surface area contributed by atoms with Gasteiger partial charge < -0.3 is 34.0 Å². The first kappa shape index (κ1) is 20.4. The zero-order valence-corrected chi connectivity index (χ0v) is 16.1. The van der Waals surface area contributed by atoms with E-state index in [0.29, 0.717) is 0 Å². The van der Waals surface area contributed by atoms with Crippen molar-refractivity contribution >= 4 is 0 Å². The first-order valence-corrected chi connectivity index (χ1v) is 7.41. The van der Waals surface area contributed by atoms with Crippen LogP contribution in [0.3, 0.4) is 0 Å². The number of hydrogen-bond acceptors (Lipinski definition) is 0. The molecule has 2 aromatic heterocycles. The number of imidazole rings is 2. The van der Waals surface area contributed by atoms with Crippen LogP contribution in [0.25, 0.3) is 0 Å². The minimum Gasteiger partial charge on any atom is -1.00 e. The third kappa shape index (κ3) is 6.78. The lowest BCUT2D eigenvalue weighted by Crippen LogP contribution is -3.00. The predicted octanol–water partition coefficient (Wildman–Crippen LogP) is -4.02. The SMILES string of the molecule is CCCCn1cc[n+](C[n+]2ccn(CCCC)c2)c1.[Br-].[Br-]. The van der Waals surface area contributed by atoms with Crippen molar-refractivity contribution < 1.29 is 43.1 Å². The molecule has 0 bridgehead atoms. The van der Waals surface area contributed by atoms with Crippen molar-refractivity contribution in [2.24, 2.45) is 0 Å². The van der Waals surface area contributed by atoms with Crippen LogP contribution in [0.2, 0.25) is 0 Å². The zero-order chi connectivity index (χ0) is 13.5. The van der Waals surface area contributed by atoms with Gasteiger partial charge in [-0.25, -0.2) is 9.13 Å². The van der Waals surface area contributed by atoms with Gasteiger partial charge in [-0.15, -0.1) is 0 Å². The lowest BCUT2D eigenvalue weighted by Gasteiger charge is -1.94. The van der Waals surface area contributed by atoms with E-state index in [1.165, 1.54) is 25.7 Å². The van der Waals surface area contributed by atoms with Gasteiger partial charge >= 0.3 is 0 Å². The fourth-order valence-corrected chi connectivity index (χ4v) is 2.18. The molecule has 2 aromatic rings. The summed E-state index contributed by atoms with van der Waals surface area (Å²) >= 11 is 0. The normalized spacial score (nSPS) is 10.0. The van der Waals surface area contributed by atoms with Crippen LogP contribution in [-0.2, 0) is 19.8 Å². The van der Waals surface area contributed by atoms with Crippen molar-refractivity contribution in [3.8, 4) is 0 Å². The highest BCUT2D eigenvalue weighted by Gasteiger charge is 2.08. The average Bonchev–Trinajstić information content (AvgIpc) is 3.04. The number of rotatable bonds is 8.